The Morgan fingerprint density at radius 2 is 2.10 bits per heavy atom. The molecular weight excluding hydrogens is 256 g/mol. The molecule has 1 aliphatic rings. The molecule has 1 fully saturated rings. The van der Waals surface area contributed by atoms with Crippen LogP contribution in [0.3, 0.4) is 0 Å². The maximum absolute atomic E-state index is 11.9. The summed E-state index contributed by atoms with van der Waals surface area (Å²) in [6.07, 6.45) is 1.60. The number of esters is 1. The van der Waals surface area contributed by atoms with Crippen LogP contribution in [-0.2, 0) is 18.3 Å². The second kappa shape index (κ2) is 6.37. The lowest BCUT2D eigenvalue weighted by molar-refractivity contribution is 0.0523. The average molecular weight is 280 g/mol. The molecule has 0 saturated carbocycles. The third-order valence-electron chi connectivity index (χ3n) is 3.56. The van der Waals surface area contributed by atoms with Gasteiger partial charge in [-0.05, 0) is 20.8 Å². The van der Waals surface area contributed by atoms with Crippen LogP contribution in [0.5, 0.6) is 0 Å². The van der Waals surface area contributed by atoms with E-state index in [4.69, 9.17) is 4.74 Å². The average Bonchev–Trinajstić information content (AvgIpc) is 2.70. The number of ether oxygens (including phenoxy) is 1. The number of carbonyl (C=O) groups is 1. The summed E-state index contributed by atoms with van der Waals surface area (Å²) in [5.74, 6) is -0.285. The van der Waals surface area contributed by atoms with Gasteiger partial charge in [0.2, 0.25) is 0 Å². The number of piperazine rings is 1. The van der Waals surface area contributed by atoms with E-state index in [9.17, 15) is 4.79 Å². The van der Waals surface area contributed by atoms with Gasteiger partial charge in [-0.2, -0.15) is 5.10 Å². The molecule has 1 aromatic heterocycles. The molecule has 2 unspecified atom stereocenters. The zero-order valence-corrected chi connectivity index (χ0v) is 12.7. The number of nitrogens with one attached hydrogen (secondary N) is 1. The molecule has 1 aliphatic heterocycles. The van der Waals surface area contributed by atoms with Gasteiger partial charge in [0, 0.05) is 38.8 Å². The summed E-state index contributed by atoms with van der Waals surface area (Å²) in [6.45, 7) is 9.22. The van der Waals surface area contributed by atoms with Crippen molar-refractivity contribution in [3.63, 3.8) is 0 Å². The molecule has 20 heavy (non-hydrogen) atoms. The lowest BCUT2D eigenvalue weighted by Gasteiger charge is -2.36. The number of nitrogens with zero attached hydrogens (tertiary/aromatic N) is 3. The molecule has 0 aromatic carbocycles. The van der Waals surface area contributed by atoms with Crippen molar-refractivity contribution in [2.45, 2.75) is 39.4 Å². The Morgan fingerprint density at radius 3 is 2.70 bits per heavy atom. The molecule has 1 saturated heterocycles. The van der Waals surface area contributed by atoms with Crippen molar-refractivity contribution in [3.8, 4) is 0 Å². The van der Waals surface area contributed by atoms with Gasteiger partial charge in [-0.1, -0.05) is 0 Å². The maximum atomic E-state index is 11.9. The summed E-state index contributed by atoms with van der Waals surface area (Å²) >= 11 is 0. The third-order valence-corrected chi connectivity index (χ3v) is 3.56. The van der Waals surface area contributed by atoms with Gasteiger partial charge in [-0.15, -0.1) is 0 Å². The molecule has 6 heteroatoms. The minimum atomic E-state index is -0.285. The lowest BCUT2D eigenvalue weighted by Crippen LogP contribution is -2.53. The van der Waals surface area contributed by atoms with Crippen LogP contribution in [-0.4, -0.2) is 52.4 Å². The second-order valence-corrected chi connectivity index (χ2v) is 5.51. The van der Waals surface area contributed by atoms with E-state index in [1.165, 1.54) is 0 Å². The van der Waals surface area contributed by atoms with E-state index < -0.39 is 0 Å². The fraction of sp³-hybridized carbons (Fsp3) is 0.714. The number of rotatable bonds is 4. The van der Waals surface area contributed by atoms with Gasteiger partial charge in [0.15, 0.2) is 0 Å². The molecule has 0 amide bonds. The highest BCUT2D eigenvalue weighted by Gasteiger charge is 2.24. The normalized spacial score (nSPS) is 23.8. The third kappa shape index (κ3) is 3.37. The molecule has 2 atom stereocenters. The van der Waals surface area contributed by atoms with Gasteiger partial charge in [-0.3, -0.25) is 9.58 Å². The Labute approximate surface area is 120 Å². The van der Waals surface area contributed by atoms with Crippen LogP contribution in [0, 0.1) is 0 Å². The summed E-state index contributed by atoms with van der Waals surface area (Å²) in [4.78, 5) is 14.3. The zero-order chi connectivity index (χ0) is 14.7. The maximum Gasteiger partial charge on any atom is 0.341 e. The van der Waals surface area contributed by atoms with Crippen molar-refractivity contribution >= 4 is 5.97 Å². The largest absolute Gasteiger partial charge is 0.462 e. The van der Waals surface area contributed by atoms with E-state index in [-0.39, 0.29) is 5.97 Å². The predicted octanol–water partition coefficient (Wildman–Crippen LogP) is 0.779. The predicted molar refractivity (Wildman–Crippen MR) is 76.5 cm³/mol. The van der Waals surface area contributed by atoms with E-state index >= 15 is 0 Å². The Morgan fingerprint density at radius 1 is 1.45 bits per heavy atom. The van der Waals surface area contributed by atoms with Crippen LogP contribution < -0.4 is 5.32 Å². The van der Waals surface area contributed by atoms with Gasteiger partial charge in [0.1, 0.15) is 5.56 Å². The molecular formula is C14H24N4O2. The van der Waals surface area contributed by atoms with Crippen molar-refractivity contribution in [2.75, 3.05) is 19.7 Å². The first kappa shape index (κ1) is 15.0. The monoisotopic (exact) mass is 280 g/mol. The van der Waals surface area contributed by atoms with Crippen LogP contribution in [0.25, 0.3) is 0 Å². The molecule has 6 nitrogen and oxygen atoms in total. The van der Waals surface area contributed by atoms with Gasteiger partial charge in [0.05, 0.1) is 18.5 Å². The number of aryl methyl sites for hydroxylation is 1. The van der Waals surface area contributed by atoms with Crippen molar-refractivity contribution < 1.29 is 9.53 Å². The highest BCUT2D eigenvalue weighted by molar-refractivity contribution is 5.90. The second-order valence-electron chi connectivity index (χ2n) is 5.51. The van der Waals surface area contributed by atoms with Crippen LogP contribution in [0.15, 0.2) is 6.20 Å². The van der Waals surface area contributed by atoms with Crippen LogP contribution in [0.1, 0.15) is 36.8 Å². The van der Waals surface area contributed by atoms with Gasteiger partial charge >= 0.3 is 5.97 Å². The Hall–Kier alpha value is -1.40. The van der Waals surface area contributed by atoms with Crippen molar-refractivity contribution in [1.82, 2.24) is 20.0 Å². The van der Waals surface area contributed by atoms with Crippen molar-refractivity contribution in [3.05, 3.63) is 17.5 Å². The first-order chi connectivity index (χ1) is 9.51. The Bertz CT molecular complexity index is 462. The lowest BCUT2D eigenvalue weighted by atomic mass is 10.1. The van der Waals surface area contributed by atoms with Gasteiger partial charge < -0.3 is 10.1 Å². The summed E-state index contributed by atoms with van der Waals surface area (Å²) in [7, 11) is 1.87. The number of hydrogen-bond donors (Lipinski definition) is 1. The number of aromatic nitrogens is 2. The molecule has 2 heterocycles. The SMILES string of the molecule is CCOC(=O)c1cnn(C)c1CN1CC(C)NC(C)C1. The smallest absolute Gasteiger partial charge is 0.341 e. The molecule has 112 valence electrons. The summed E-state index contributed by atoms with van der Waals surface area (Å²) in [5.41, 5.74) is 1.50. The zero-order valence-electron chi connectivity index (χ0n) is 12.7. The van der Waals surface area contributed by atoms with Crippen molar-refractivity contribution in [1.29, 1.82) is 0 Å². The minimum Gasteiger partial charge on any atom is -0.462 e. The first-order valence-corrected chi connectivity index (χ1v) is 7.17. The molecule has 1 N–H and O–H groups in total. The van der Waals surface area contributed by atoms with Crippen LogP contribution in [0.2, 0.25) is 0 Å². The standard InChI is InChI=1S/C14H24N4O2/c1-5-20-14(19)12-6-15-17(4)13(12)9-18-7-10(2)16-11(3)8-18/h6,10-11,16H,5,7-9H2,1-4H3. The summed E-state index contributed by atoms with van der Waals surface area (Å²) < 4.78 is 6.86. The number of hydrogen-bond acceptors (Lipinski definition) is 5. The van der Waals surface area contributed by atoms with Crippen LogP contribution >= 0.6 is 0 Å². The molecule has 2 rings (SSSR count). The minimum absolute atomic E-state index is 0.285. The van der Waals surface area contributed by atoms with E-state index in [2.05, 4.69) is 29.2 Å². The number of carbonyl (C=O) groups excluding carboxylic acids is 1. The fourth-order valence-corrected chi connectivity index (χ4v) is 2.81. The van der Waals surface area contributed by atoms with Crippen molar-refractivity contribution in [2.24, 2.45) is 7.05 Å². The topological polar surface area (TPSA) is 59.4 Å². The van der Waals surface area contributed by atoms with Crippen LogP contribution in [0.4, 0.5) is 0 Å². The molecule has 0 radical (unpaired) electrons. The molecule has 0 aliphatic carbocycles. The molecule has 0 bridgehead atoms. The highest BCUT2D eigenvalue weighted by Crippen LogP contribution is 2.15. The fourth-order valence-electron chi connectivity index (χ4n) is 2.81. The summed E-state index contributed by atoms with van der Waals surface area (Å²) in [5, 5.41) is 7.70. The van der Waals surface area contributed by atoms with E-state index in [1.54, 1.807) is 10.9 Å². The van der Waals surface area contributed by atoms with E-state index in [0.717, 1.165) is 25.3 Å². The Balaban J connectivity index is 2.12. The van der Waals surface area contributed by atoms with Gasteiger partial charge in [-0.25, -0.2) is 4.79 Å². The Kier molecular flexibility index (Phi) is 4.77. The van der Waals surface area contributed by atoms with Gasteiger partial charge in [0.25, 0.3) is 0 Å². The van der Waals surface area contributed by atoms with E-state index in [0.29, 0.717) is 24.3 Å². The summed E-state index contributed by atoms with van der Waals surface area (Å²) in [6, 6.07) is 0.913. The quantitative estimate of drug-likeness (QED) is 0.826. The highest BCUT2D eigenvalue weighted by atomic mass is 16.5. The molecule has 0 spiro atoms. The molecule has 1 aromatic rings. The van der Waals surface area contributed by atoms with E-state index in [1.807, 2.05) is 14.0 Å². The first-order valence-electron chi connectivity index (χ1n) is 7.17.